The van der Waals surface area contributed by atoms with Gasteiger partial charge in [0.05, 0.1) is 17.6 Å². The Bertz CT molecular complexity index is 451. The number of β-amino-alcohol motifs (C(OH)–C–C–N with tert-alkyl or cyclic N) is 1. The number of ether oxygens (including phenoxy) is 1. The molecule has 0 radical (unpaired) electrons. The molecule has 2 rings (SSSR count). The van der Waals surface area contributed by atoms with E-state index in [-0.39, 0.29) is 5.69 Å². The maximum atomic E-state index is 10.9. The Hall–Kier alpha value is -1.82. The summed E-state index contributed by atoms with van der Waals surface area (Å²) in [6.07, 6.45) is 0. The van der Waals surface area contributed by atoms with Gasteiger partial charge in [0.1, 0.15) is 11.4 Å². The van der Waals surface area contributed by atoms with Crippen LogP contribution in [0.3, 0.4) is 0 Å². The van der Waals surface area contributed by atoms with Gasteiger partial charge in [0.2, 0.25) is 0 Å². The van der Waals surface area contributed by atoms with Gasteiger partial charge >= 0.3 is 0 Å². The zero-order valence-electron chi connectivity index (χ0n) is 9.71. The standard InChI is InChI=1S/C11H14N2O4/c1-11(14)6-12(7-11)10-5-8(17-2)3-4-9(10)13(15)16/h3-5,14H,6-7H2,1-2H3. The monoisotopic (exact) mass is 238 g/mol. The Morgan fingerprint density at radius 3 is 2.65 bits per heavy atom. The van der Waals surface area contributed by atoms with E-state index in [9.17, 15) is 15.2 Å². The van der Waals surface area contributed by atoms with E-state index in [0.29, 0.717) is 24.5 Å². The first-order chi connectivity index (χ1) is 7.93. The van der Waals surface area contributed by atoms with Gasteiger partial charge in [-0.15, -0.1) is 0 Å². The Labute approximate surface area is 98.6 Å². The molecule has 0 saturated carbocycles. The van der Waals surface area contributed by atoms with Crippen LogP contribution in [-0.2, 0) is 0 Å². The summed E-state index contributed by atoms with van der Waals surface area (Å²) in [6.45, 7) is 2.48. The second-order valence-corrected chi connectivity index (χ2v) is 4.46. The minimum absolute atomic E-state index is 0.0290. The van der Waals surface area contributed by atoms with Gasteiger partial charge in [-0.05, 0) is 13.0 Å². The lowest BCUT2D eigenvalue weighted by Crippen LogP contribution is -2.60. The number of aliphatic hydroxyl groups is 1. The van der Waals surface area contributed by atoms with Crippen molar-refractivity contribution in [1.29, 1.82) is 0 Å². The van der Waals surface area contributed by atoms with E-state index in [1.54, 1.807) is 24.0 Å². The Balaban J connectivity index is 2.33. The normalized spacial score (nSPS) is 17.5. The summed E-state index contributed by atoms with van der Waals surface area (Å²) in [5, 5.41) is 20.6. The average Bonchev–Trinajstić information content (AvgIpc) is 2.24. The maximum absolute atomic E-state index is 10.9. The SMILES string of the molecule is COc1ccc([N+](=O)[O-])c(N2CC(C)(O)C2)c1. The van der Waals surface area contributed by atoms with Crippen LogP contribution in [0, 0.1) is 10.1 Å². The summed E-state index contributed by atoms with van der Waals surface area (Å²) in [5.41, 5.74) is -0.251. The van der Waals surface area contributed by atoms with Gasteiger partial charge in [-0.3, -0.25) is 10.1 Å². The van der Waals surface area contributed by atoms with E-state index < -0.39 is 10.5 Å². The van der Waals surface area contributed by atoms with Crippen molar-refractivity contribution in [3.8, 4) is 5.75 Å². The fourth-order valence-electron chi connectivity index (χ4n) is 1.98. The highest BCUT2D eigenvalue weighted by molar-refractivity contribution is 5.67. The zero-order valence-corrected chi connectivity index (χ0v) is 9.71. The topological polar surface area (TPSA) is 75.8 Å². The number of benzene rings is 1. The lowest BCUT2D eigenvalue weighted by Gasteiger charge is -2.45. The van der Waals surface area contributed by atoms with Gasteiger partial charge in [-0.1, -0.05) is 0 Å². The lowest BCUT2D eigenvalue weighted by atomic mass is 9.96. The van der Waals surface area contributed by atoms with Crippen molar-refractivity contribution >= 4 is 11.4 Å². The largest absolute Gasteiger partial charge is 0.497 e. The Morgan fingerprint density at radius 1 is 1.53 bits per heavy atom. The van der Waals surface area contributed by atoms with Crippen LogP contribution in [0.15, 0.2) is 18.2 Å². The van der Waals surface area contributed by atoms with Gasteiger partial charge in [0.15, 0.2) is 0 Å². The van der Waals surface area contributed by atoms with Gasteiger partial charge in [-0.25, -0.2) is 0 Å². The number of hydrogen-bond donors (Lipinski definition) is 1. The van der Waals surface area contributed by atoms with Gasteiger partial charge < -0.3 is 14.7 Å². The highest BCUT2D eigenvalue weighted by Crippen LogP contribution is 2.36. The van der Waals surface area contributed by atoms with E-state index in [1.165, 1.54) is 13.2 Å². The molecule has 17 heavy (non-hydrogen) atoms. The number of rotatable bonds is 3. The van der Waals surface area contributed by atoms with E-state index in [2.05, 4.69) is 0 Å². The third kappa shape index (κ3) is 2.16. The number of nitrogens with zero attached hydrogens (tertiary/aromatic N) is 2. The first-order valence-electron chi connectivity index (χ1n) is 5.23. The van der Waals surface area contributed by atoms with Gasteiger partial charge in [-0.2, -0.15) is 0 Å². The molecule has 1 heterocycles. The molecule has 6 heteroatoms. The molecule has 1 aromatic carbocycles. The first kappa shape index (κ1) is 11.7. The summed E-state index contributed by atoms with van der Waals surface area (Å²) in [5.74, 6) is 0.567. The molecular formula is C11H14N2O4. The quantitative estimate of drug-likeness (QED) is 0.632. The van der Waals surface area contributed by atoms with Crippen molar-refractivity contribution in [2.24, 2.45) is 0 Å². The third-order valence-electron chi connectivity index (χ3n) is 2.78. The van der Waals surface area contributed by atoms with Crippen LogP contribution in [-0.4, -0.2) is 35.8 Å². The molecule has 6 nitrogen and oxygen atoms in total. The average molecular weight is 238 g/mol. The first-order valence-corrected chi connectivity index (χ1v) is 5.23. The van der Waals surface area contributed by atoms with Crippen molar-refractivity contribution in [2.75, 3.05) is 25.1 Å². The zero-order chi connectivity index (χ0) is 12.6. The molecule has 92 valence electrons. The predicted octanol–water partition coefficient (Wildman–Crippen LogP) is 1.17. The van der Waals surface area contributed by atoms with Crippen molar-refractivity contribution in [3.63, 3.8) is 0 Å². The molecule has 0 atom stereocenters. The Kier molecular flexibility index (Phi) is 2.66. The fraction of sp³-hybridized carbons (Fsp3) is 0.455. The van der Waals surface area contributed by atoms with Crippen molar-refractivity contribution in [1.82, 2.24) is 0 Å². The van der Waals surface area contributed by atoms with Crippen LogP contribution in [0.25, 0.3) is 0 Å². The molecule has 0 bridgehead atoms. The van der Waals surface area contributed by atoms with Crippen LogP contribution in [0.4, 0.5) is 11.4 Å². The number of methoxy groups -OCH3 is 1. The second kappa shape index (κ2) is 3.89. The molecule has 1 N–H and O–H groups in total. The summed E-state index contributed by atoms with van der Waals surface area (Å²) in [6, 6.07) is 4.59. The highest BCUT2D eigenvalue weighted by Gasteiger charge is 2.39. The van der Waals surface area contributed by atoms with Crippen LogP contribution in [0.5, 0.6) is 5.75 Å². The molecule has 1 aliphatic rings. The summed E-state index contributed by atoms with van der Waals surface area (Å²) >= 11 is 0. The van der Waals surface area contributed by atoms with E-state index >= 15 is 0 Å². The molecular weight excluding hydrogens is 224 g/mol. The molecule has 0 aliphatic carbocycles. The molecule has 1 fully saturated rings. The minimum atomic E-state index is -0.767. The smallest absolute Gasteiger partial charge is 0.292 e. The number of nitro benzene ring substituents is 1. The summed E-state index contributed by atoms with van der Waals surface area (Å²) < 4.78 is 5.05. The lowest BCUT2D eigenvalue weighted by molar-refractivity contribution is -0.384. The molecule has 0 unspecified atom stereocenters. The van der Waals surface area contributed by atoms with Crippen LogP contribution in [0.2, 0.25) is 0 Å². The number of nitro groups is 1. The third-order valence-corrected chi connectivity index (χ3v) is 2.78. The van der Waals surface area contributed by atoms with E-state index in [1.807, 2.05) is 0 Å². The molecule has 1 aliphatic heterocycles. The van der Waals surface area contributed by atoms with Crippen LogP contribution >= 0.6 is 0 Å². The van der Waals surface area contributed by atoms with Crippen molar-refractivity contribution in [2.45, 2.75) is 12.5 Å². The summed E-state index contributed by atoms with van der Waals surface area (Å²) in [7, 11) is 1.51. The second-order valence-electron chi connectivity index (χ2n) is 4.46. The Morgan fingerprint density at radius 2 is 2.18 bits per heavy atom. The van der Waals surface area contributed by atoms with Crippen molar-refractivity contribution < 1.29 is 14.8 Å². The van der Waals surface area contributed by atoms with Crippen LogP contribution in [0.1, 0.15) is 6.92 Å². The number of hydrogen-bond acceptors (Lipinski definition) is 5. The van der Waals surface area contributed by atoms with E-state index in [4.69, 9.17) is 4.74 Å². The number of anilines is 1. The molecule has 0 aromatic heterocycles. The van der Waals surface area contributed by atoms with E-state index in [0.717, 1.165) is 0 Å². The molecule has 0 amide bonds. The predicted molar refractivity (Wildman–Crippen MR) is 62.5 cm³/mol. The molecule has 1 saturated heterocycles. The molecule has 0 spiro atoms. The molecule has 1 aromatic rings. The van der Waals surface area contributed by atoms with Crippen molar-refractivity contribution in [3.05, 3.63) is 28.3 Å². The summed E-state index contributed by atoms with van der Waals surface area (Å²) in [4.78, 5) is 12.2. The minimum Gasteiger partial charge on any atom is -0.497 e. The highest BCUT2D eigenvalue weighted by atomic mass is 16.6. The van der Waals surface area contributed by atoms with Gasteiger partial charge in [0, 0.05) is 25.2 Å². The maximum Gasteiger partial charge on any atom is 0.292 e. The fourth-order valence-corrected chi connectivity index (χ4v) is 1.98. The van der Waals surface area contributed by atoms with Gasteiger partial charge in [0.25, 0.3) is 5.69 Å². The van der Waals surface area contributed by atoms with Crippen LogP contribution < -0.4 is 9.64 Å².